The van der Waals surface area contributed by atoms with E-state index in [0.717, 1.165) is 16.8 Å². The van der Waals surface area contributed by atoms with Crippen LogP contribution < -0.4 is 0 Å². The summed E-state index contributed by atoms with van der Waals surface area (Å²) in [4.78, 5) is 3.44. The minimum Gasteiger partial charge on any atom is -0.358 e. The van der Waals surface area contributed by atoms with Gasteiger partial charge in [0.1, 0.15) is 5.82 Å². The molecule has 0 aliphatic heterocycles. The SMILES string of the molecule is Cc1ccc(CC(C)CCCCC(C)c2cc3cc(F)ccc3[nH]2)cc1. The van der Waals surface area contributed by atoms with Gasteiger partial charge in [0.25, 0.3) is 0 Å². The lowest BCUT2D eigenvalue weighted by molar-refractivity contribution is 0.477. The van der Waals surface area contributed by atoms with Crippen molar-refractivity contribution < 1.29 is 4.39 Å². The lowest BCUT2D eigenvalue weighted by atomic mass is 9.93. The number of aromatic nitrogens is 1. The number of benzene rings is 2. The van der Waals surface area contributed by atoms with Crippen LogP contribution in [-0.2, 0) is 6.42 Å². The van der Waals surface area contributed by atoms with Crippen LogP contribution >= 0.6 is 0 Å². The Morgan fingerprint density at radius 2 is 1.65 bits per heavy atom. The highest BCUT2D eigenvalue weighted by Gasteiger charge is 2.10. The van der Waals surface area contributed by atoms with E-state index in [1.54, 1.807) is 6.07 Å². The van der Waals surface area contributed by atoms with Gasteiger partial charge in [-0.25, -0.2) is 4.39 Å². The van der Waals surface area contributed by atoms with E-state index in [-0.39, 0.29) is 5.82 Å². The van der Waals surface area contributed by atoms with Crippen molar-refractivity contribution in [3.05, 3.63) is 71.2 Å². The number of nitrogens with one attached hydrogen (secondary N) is 1. The third kappa shape index (κ3) is 4.97. The van der Waals surface area contributed by atoms with Crippen LogP contribution in [0, 0.1) is 18.7 Å². The molecule has 2 aromatic carbocycles. The number of H-pyrrole nitrogens is 1. The average Bonchev–Trinajstić information content (AvgIpc) is 3.04. The summed E-state index contributed by atoms with van der Waals surface area (Å²) in [6.07, 6.45) is 6.13. The molecule has 0 saturated carbocycles. The first-order valence-corrected chi connectivity index (χ1v) is 9.85. The van der Waals surface area contributed by atoms with Crippen LogP contribution in [0.15, 0.2) is 48.5 Å². The Balaban J connectivity index is 1.42. The first-order valence-electron chi connectivity index (χ1n) is 9.85. The summed E-state index contributed by atoms with van der Waals surface area (Å²) in [6, 6.07) is 16.0. The summed E-state index contributed by atoms with van der Waals surface area (Å²) >= 11 is 0. The van der Waals surface area contributed by atoms with Crippen molar-refractivity contribution in [3.63, 3.8) is 0 Å². The maximum absolute atomic E-state index is 13.3. The van der Waals surface area contributed by atoms with Gasteiger partial charge < -0.3 is 4.98 Å². The molecule has 0 fully saturated rings. The second-order valence-electron chi connectivity index (χ2n) is 7.94. The molecule has 1 aromatic heterocycles. The molecule has 3 rings (SSSR count). The van der Waals surface area contributed by atoms with Crippen LogP contribution in [0.1, 0.15) is 62.3 Å². The first-order chi connectivity index (χ1) is 12.5. The lowest BCUT2D eigenvalue weighted by Gasteiger charge is -2.13. The highest BCUT2D eigenvalue weighted by Crippen LogP contribution is 2.26. The number of aryl methyl sites for hydroxylation is 1. The van der Waals surface area contributed by atoms with Gasteiger partial charge >= 0.3 is 0 Å². The summed E-state index contributed by atoms with van der Waals surface area (Å²) in [6.45, 7) is 6.75. The summed E-state index contributed by atoms with van der Waals surface area (Å²) < 4.78 is 13.3. The van der Waals surface area contributed by atoms with Crippen molar-refractivity contribution in [1.82, 2.24) is 4.98 Å². The number of halogens is 1. The van der Waals surface area contributed by atoms with Crippen molar-refractivity contribution in [2.75, 3.05) is 0 Å². The van der Waals surface area contributed by atoms with Gasteiger partial charge in [0.05, 0.1) is 0 Å². The van der Waals surface area contributed by atoms with Gasteiger partial charge in [0, 0.05) is 16.6 Å². The number of unbranched alkanes of at least 4 members (excludes halogenated alkanes) is 1. The summed E-state index contributed by atoms with van der Waals surface area (Å²) in [5.41, 5.74) is 5.02. The molecule has 0 aliphatic rings. The highest BCUT2D eigenvalue weighted by atomic mass is 19.1. The fourth-order valence-corrected chi connectivity index (χ4v) is 3.72. The second kappa shape index (κ2) is 8.53. The van der Waals surface area contributed by atoms with Gasteiger partial charge in [-0.15, -0.1) is 0 Å². The van der Waals surface area contributed by atoms with Crippen molar-refractivity contribution in [2.24, 2.45) is 5.92 Å². The van der Waals surface area contributed by atoms with E-state index in [1.807, 2.05) is 6.07 Å². The predicted octanol–water partition coefficient (Wildman–Crippen LogP) is 7.16. The molecular weight excluding hydrogens is 321 g/mol. The van der Waals surface area contributed by atoms with Crippen LogP contribution in [0.2, 0.25) is 0 Å². The maximum atomic E-state index is 13.3. The average molecular weight is 352 g/mol. The molecule has 2 atom stereocenters. The molecular formula is C24H30FN. The molecule has 1 heterocycles. The molecule has 3 aromatic rings. The second-order valence-corrected chi connectivity index (χ2v) is 7.94. The minimum absolute atomic E-state index is 0.168. The Hall–Kier alpha value is -2.09. The number of rotatable bonds is 8. The number of hydrogen-bond donors (Lipinski definition) is 1. The van der Waals surface area contributed by atoms with E-state index in [4.69, 9.17) is 0 Å². The fourth-order valence-electron chi connectivity index (χ4n) is 3.72. The molecule has 0 aliphatic carbocycles. The van der Waals surface area contributed by atoms with Crippen molar-refractivity contribution in [1.29, 1.82) is 0 Å². The molecule has 2 unspecified atom stereocenters. The zero-order chi connectivity index (χ0) is 18.5. The smallest absolute Gasteiger partial charge is 0.123 e. The topological polar surface area (TPSA) is 15.8 Å². The zero-order valence-electron chi connectivity index (χ0n) is 16.2. The van der Waals surface area contributed by atoms with E-state index < -0.39 is 0 Å². The Morgan fingerprint density at radius 1 is 0.923 bits per heavy atom. The Kier molecular flexibility index (Phi) is 6.13. The third-order valence-electron chi connectivity index (χ3n) is 5.42. The van der Waals surface area contributed by atoms with Crippen LogP contribution in [0.25, 0.3) is 10.9 Å². The Labute approximate surface area is 156 Å². The highest BCUT2D eigenvalue weighted by molar-refractivity contribution is 5.80. The molecule has 2 heteroatoms. The van der Waals surface area contributed by atoms with E-state index in [0.29, 0.717) is 5.92 Å². The van der Waals surface area contributed by atoms with E-state index >= 15 is 0 Å². The number of aromatic amines is 1. The monoisotopic (exact) mass is 351 g/mol. The van der Waals surface area contributed by atoms with Gasteiger partial charge in [-0.3, -0.25) is 0 Å². The quantitative estimate of drug-likeness (QED) is 0.414. The summed E-state index contributed by atoms with van der Waals surface area (Å²) in [7, 11) is 0. The van der Waals surface area contributed by atoms with Crippen LogP contribution in [-0.4, -0.2) is 4.98 Å². The van der Waals surface area contributed by atoms with Gasteiger partial charge in [0.2, 0.25) is 0 Å². The molecule has 0 amide bonds. The molecule has 1 N–H and O–H groups in total. The Morgan fingerprint density at radius 3 is 2.42 bits per heavy atom. The van der Waals surface area contributed by atoms with Crippen LogP contribution in [0.3, 0.4) is 0 Å². The number of fused-ring (bicyclic) bond motifs is 1. The van der Waals surface area contributed by atoms with Crippen molar-refractivity contribution >= 4 is 10.9 Å². The fraction of sp³-hybridized carbons (Fsp3) is 0.417. The van der Waals surface area contributed by atoms with Gasteiger partial charge in [-0.1, -0.05) is 62.9 Å². The molecule has 0 saturated heterocycles. The van der Waals surface area contributed by atoms with Crippen molar-refractivity contribution in [3.8, 4) is 0 Å². The van der Waals surface area contributed by atoms with Crippen LogP contribution in [0.5, 0.6) is 0 Å². The van der Waals surface area contributed by atoms with E-state index in [2.05, 4.69) is 56.1 Å². The molecule has 0 radical (unpaired) electrons. The molecule has 0 bridgehead atoms. The van der Waals surface area contributed by atoms with E-state index in [9.17, 15) is 4.39 Å². The number of hydrogen-bond acceptors (Lipinski definition) is 0. The summed E-state index contributed by atoms with van der Waals surface area (Å²) in [5, 5.41) is 0.971. The zero-order valence-corrected chi connectivity index (χ0v) is 16.2. The van der Waals surface area contributed by atoms with Gasteiger partial charge in [0.15, 0.2) is 0 Å². The van der Waals surface area contributed by atoms with Gasteiger partial charge in [-0.2, -0.15) is 0 Å². The molecule has 26 heavy (non-hydrogen) atoms. The normalized spacial score (nSPS) is 13.8. The standard InChI is InChI=1S/C24H30FN/c1-17-8-10-20(11-9-17)14-18(2)6-4-5-7-19(3)24-16-21-15-22(25)12-13-23(21)26-24/h8-13,15-16,18-19,26H,4-7,14H2,1-3H3. The predicted molar refractivity (Wildman–Crippen MR) is 109 cm³/mol. The molecule has 0 spiro atoms. The summed E-state index contributed by atoms with van der Waals surface area (Å²) in [5.74, 6) is 1.04. The Bertz CT molecular complexity index is 831. The third-order valence-corrected chi connectivity index (χ3v) is 5.42. The van der Waals surface area contributed by atoms with Crippen LogP contribution in [0.4, 0.5) is 4.39 Å². The van der Waals surface area contributed by atoms with Crippen molar-refractivity contribution in [2.45, 2.75) is 58.8 Å². The minimum atomic E-state index is -0.168. The maximum Gasteiger partial charge on any atom is 0.123 e. The molecule has 1 nitrogen and oxygen atoms in total. The lowest BCUT2D eigenvalue weighted by Crippen LogP contribution is -2.01. The molecule has 138 valence electrons. The largest absolute Gasteiger partial charge is 0.358 e. The van der Waals surface area contributed by atoms with E-state index in [1.165, 1.54) is 55.0 Å². The first kappa shape index (κ1) is 18.7. The van der Waals surface area contributed by atoms with Gasteiger partial charge in [-0.05, 0) is 61.4 Å².